The lowest BCUT2D eigenvalue weighted by Gasteiger charge is -2.18. The van der Waals surface area contributed by atoms with Crippen LogP contribution in [0.15, 0.2) is 36.4 Å². The standard InChI is InChI=1S/C17H19N5O2/c18-16-19-13(7-6-12-4-2-1-3-5-12)10-15(21-16)22-9-8-14(11-22)20-17(23)24/h1-7,10,14,20H,8-9,11H2,(H,23,24)(H2,18,19,21)/b7-6+. The average Bonchev–Trinajstić information content (AvgIpc) is 3.01. The van der Waals surface area contributed by atoms with E-state index in [-0.39, 0.29) is 12.0 Å². The summed E-state index contributed by atoms with van der Waals surface area (Å²) in [5, 5.41) is 11.3. The first-order chi connectivity index (χ1) is 11.6. The Balaban J connectivity index is 1.75. The van der Waals surface area contributed by atoms with E-state index in [9.17, 15) is 4.79 Å². The molecule has 1 saturated heterocycles. The largest absolute Gasteiger partial charge is 0.465 e. The first kappa shape index (κ1) is 15.8. The van der Waals surface area contributed by atoms with E-state index in [0.717, 1.165) is 24.2 Å². The molecule has 4 N–H and O–H groups in total. The second-order valence-electron chi connectivity index (χ2n) is 5.63. The predicted molar refractivity (Wildman–Crippen MR) is 93.6 cm³/mol. The Morgan fingerprint density at radius 3 is 2.83 bits per heavy atom. The van der Waals surface area contributed by atoms with Gasteiger partial charge in [0, 0.05) is 19.2 Å². The van der Waals surface area contributed by atoms with Gasteiger partial charge in [0.1, 0.15) is 5.82 Å². The van der Waals surface area contributed by atoms with Crippen molar-refractivity contribution < 1.29 is 9.90 Å². The van der Waals surface area contributed by atoms with Crippen molar-refractivity contribution in [2.75, 3.05) is 23.7 Å². The third kappa shape index (κ3) is 4.01. The zero-order chi connectivity index (χ0) is 16.9. The van der Waals surface area contributed by atoms with Crippen LogP contribution in [0.3, 0.4) is 0 Å². The minimum atomic E-state index is -1.00. The highest BCUT2D eigenvalue weighted by atomic mass is 16.4. The van der Waals surface area contributed by atoms with E-state index in [4.69, 9.17) is 10.8 Å². The number of hydrogen-bond acceptors (Lipinski definition) is 5. The SMILES string of the molecule is Nc1nc(/C=C/c2ccccc2)cc(N2CCC(NC(=O)O)C2)n1. The van der Waals surface area contributed by atoms with Crippen LogP contribution in [0.1, 0.15) is 17.7 Å². The van der Waals surface area contributed by atoms with Gasteiger partial charge in [0.05, 0.1) is 11.7 Å². The van der Waals surface area contributed by atoms with Crippen LogP contribution in [0.5, 0.6) is 0 Å². The van der Waals surface area contributed by atoms with Crippen LogP contribution in [-0.2, 0) is 0 Å². The molecule has 0 spiro atoms. The fourth-order valence-electron chi connectivity index (χ4n) is 2.73. The number of nitrogen functional groups attached to an aromatic ring is 1. The molecule has 2 heterocycles. The molecule has 7 nitrogen and oxygen atoms in total. The Hall–Kier alpha value is -3.09. The zero-order valence-electron chi connectivity index (χ0n) is 13.1. The number of amides is 1. The number of benzene rings is 1. The average molecular weight is 325 g/mol. The van der Waals surface area contributed by atoms with Crippen molar-refractivity contribution in [2.24, 2.45) is 0 Å². The van der Waals surface area contributed by atoms with Gasteiger partial charge in [0.25, 0.3) is 0 Å². The minimum absolute atomic E-state index is 0.0954. The lowest BCUT2D eigenvalue weighted by atomic mass is 10.2. The lowest BCUT2D eigenvalue weighted by molar-refractivity contribution is 0.191. The summed E-state index contributed by atoms with van der Waals surface area (Å²) >= 11 is 0. The van der Waals surface area contributed by atoms with E-state index < -0.39 is 6.09 Å². The van der Waals surface area contributed by atoms with Gasteiger partial charge in [-0.25, -0.2) is 9.78 Å². The topological polar surface area (TPSA) is 104 Å². The molecule has 0 radical (unpaired) electrons. The first-order valence-electron chi connectivity index (χ1n) is 7.72. The second-order valence-corrected chi connectivity index (χ2v) is 5.63. The summed E-state index contributed by atoms with van der Waals surface area (Å²) in [6.45, 7) is 1.30. The minimum Gasteiger partial charge on any atom is -0.465 e. The summed E-state index contributed by atoms with van der Waals surface area (Å²) < 4.78 is 0. The van der Waals surface area contributed by atoms with Crippen LogP contribution in [0.2, 0.25) is 0 Å². The van der Waals surface area contributed by atoms with Gasteiger partial charge < -0.3 is 21.1 Å². The lowest BCUT2D eigenvalue weighted by Crippen LogP contribution is -2.36. The molecule has 1 atom stereocenters. The molecule has 1 aromatic carbocycles. The molecule has 2 aromatic rings. The number of aromatic nitrogens is 2. The van der Waals surface area contributed by atoms with Gasteiger partial charge in [-0.05, 0) is 18.1 Å². The van der Waals surface area contributed by atoms with E-state index in [1.807, 2.05) is 53.5 Å². The van der Waals surface area contributed by atoms with Crippen LogP contribution >= 0.6 is 0 Å². The molecule has 1 aliphatic heterocycles. The Morgan fingerprint density at radius 2 is 2.08 bits per heavy atom. The van der Waals surface area contributed by atoms with Crippen LogP contribution in [0, 0.1) is 0 Å². The fourth-order valence-corrected chi connectivity index (χ4v) is 2.73. The summed E-state index contributed by atoms with van der Waals surface area (Å²) in [6.07, 6.45) is 3.59. The Bertz CT molecular complexity index is 748. The number of nitrogens with one attached hydrogen (secondary N) is 1. The highest BCUT2D eigenvalue weighted by Crippen LogP contribution is 2.20. The van der Waals surface area contributed by atoms with Gasteiger partial charge >= 0.3 is 6.09 Å². The van der Waals surface area contributed by atoms with Crippen molar-refractivity contribution in [3.8, 4) is 0 Å². The number of nitrogens with two attached hydrogens (primary N) is 1. The molecule has 1 aliphatic rings. The van der Waals surface area contributed by atoms with Gasteiger partial charge in [-0.3, -0.25) is 0 Å². The van der Waals surface area contributed by atoms with Gasteiger partial charge in [-0.2, -0.15) is 4.98 Å². The van der Waals surface area contributed by atoms with Crippen molar-refractivity contribution in [1.29, 1.82) is 0 Å². The van der Waals surface area contributed by atoms with E-state index in [1.54, 1.807) is 0 Å². The molecule has 124 valence electrons. The van der Waals surface area contributed by atoms with Crippen LogP contribution in [-0.4, -0.2) is 40.3 Å². The van der Waals surface area contributed by atoms with Gasteiger partial charge in [-0.15, -0.1) is 0 Å². The van der Waals surface area contributed by atoms with E-state index in [2.05, 4.69) is 15.3 Å². The molecule has 0 aliphatic carbocycles. The molecule has 1 unspecified atom stereocenters. The summed E-state index contributed by atoms with van der Waals surface area (Å²) in [6, 6.07) is 11.7. The maximum absolute atomic E-state index is 10.7. The smallest absolute Gasteiger partial charge is 0.404 e. The maximum atomic E-state index is 10.7. The summed E-state index contributed by atoms with van der Waals surface area (Å²) in [5.74, 6) is 0.916. The molecule has 1 fully saturated rings. The Morgan fingerprint density at radius 1 is 1.29 bits per heavy atom. The van der Waals surface area contributed by atoms with Gasteiger partial charge in [0.2, 0.25) is 5.95 Å². The quantitative estimate of drug-likeness (QED) is 0.795. The molecular formula is C17H19N5O2. The summed E-state index contributed by atoms with van der Waals surface area (Å²) in [7, 11) is 0. The zero-order valence-corrected chi connectivity index (χ0v) is 13.1. The molecule has 0 bridgehead atoms. The maximum Gasteiger partial charge on any atom is 0.404 e. The monoisotopic (exact) mass is 325 g/mol. The Kier molecular flexibility index (Phi) is 4.60. The molecule has 3 rings (SSSR count). The molecule has 24 heavy (non-hydrogen) atoms. The van der Waals surface area contributed by atoms with Crippen LogP contribution < -0.4 is 16.0 Å². The molecule has 1 amide bonds. The van der Waals surface area contributed by atoms with Gasteiger partial charge in [0.15, 0.2) is 0 Å². The predicted octanol–water partition coefficient (Wildman–Crippen LogP) is 2.08. The molecular weight excluding hydrogens is 306 g/mol. The summed E-state index contributed by atoms with van der Waals surface area (Å²) in [4.78, 5) is 21.3. The molecule has 7 heteroatoms. The van der Waals surface area contributed by atoms with Crippen molar-refractivity contribution in [3.63, 3.8) is 0 Å². The highest BCUT2D eigenvalue weighted by molar-refractivity contribution is 5.69. The second kappa shape index (κ2) is 6.99. The third-order valence-electron chi connectivity index (χ3n) is 3.84. The fraction of sp³-hybridized carbons (Fsp3) is 0.235. The number of carbonyl (C=O) groups is 1. The van der Waals surface area contributed by atoms with Crippen molar-refractivity contribution in [3.05, 3.63) is 47.7 Å². The van der Waals surface area contributed by atoms with Crippen molar-refractivity contribution >= 4 is 30.0 Å². The van der Waals surface area contributed by atoms with E-state index in [0.29, 0.717) is 12.4 Å². The molecule has 1 aromatic heterocycles. The normalized spacial score (nSPS) is 17.3. The van der Waals surface area contributed by atoms with E-state index >= 15 is 0 Å². The van der Waals surface area contributed by atoms with Crippen molar-refractivity contribution in [2.45, 2.75) is 12.5 Å². The highest BCUT2D eigenvalue weighted by Gasteiger charge is 2.25. The molecule has 0 saturated carbocycles. The Labute approximate surface area is 139 Å². The summed E-state index contributed by atoms with van der Waals surface area (Å²) in [5.41, 5.74) is 7.61. The number of hydrogen-bond donors (Lipinski definition) is 3. The van der Waals surface area contributed by atoms with Crippen molar-refractivity contribution in [1.82, 2.24) is 15.3 Å². The number of rotatable bonds is 4. The first-order valence-corrected chi connectivity index (χ1v) is 7.72. The number of nitrogens with zero attached hydrogens (tertiary/aromatic N) is 3. The van der Waals surface area contributed by atoms with E-state index in [1.165, 1.54) is 0 Å². The number of carboxylic acid groups (broad SMARTS) is 1. The third-order valence-corrected chi connectivity index (χ3v) is 3.84. The van der Waals surface area contributed by atoms with Gasteiger partial charge in [-0.1, -0.05) is 36.4 Å². The van der Waals surface area contributed by atoms with Crippen LogP contribution in [0.4, 0.5) is 16.6 Å². The number of anilines is 2. The van der Waals surface area contributed by atoms with Crippen LogP contribution in [0.25, 0.3) is 12.2 Å².